The Balaban J connectivity index is 1.49. The summed E-state index contributed by atoms with van der Waals surface area (Å²) in [6, 6.07) is 12.0. The van der Waals surface area contributed by atoms with Gasteiger partial charge in [0.05, 0.1) is 12.2 Å². The molecule has 1 amide bonds. The quantitative estimate of drug-likeness (QED) is 0.572. The van der Waals surface area contributed by atoms with Crippen molar-refractivity contribution in [2.24, 2.45) is 5.92 Å². The zero-order valence-corrected chi connectivity index (χ0v) is 18.2. The fraction of sp³-hybridized carbons (Fsp3) is 0.440. The van der Waals surface area contributed by atoms with Crippen LogP contribution in [0, 0.1) is 5.92 Å². The summed E-state index contributed by atoms with van der Waals surface area (Å²) >= 11 is 0. The van der Waals surface area contributed by atoms with E-state index in [0.29, 0.717) is 29.8 Å². The molecule has 0 atom stereocenters. The lowest BCUT2D eigenvalue weighted by Gasteiger charge is -2.33. The molecule has 2 aromatic carbocycles. The molecule has 0 radical (unpaired) electrons. The van der Waals surface area contributed by atoms with Crippen molar-refractivity contribution in [3.8, 4) is 5.75 Å². The van der Waals surface area contributed by atoms with Gasteiger partial charge in [-0.25, -0.2) is 4.98 Å². The maximum absolute atomic E-state index is 13.5. The molecule has 30 heavy (non-hydrogen) atoms. The van der Waals surface area contributed by atoms with Gasteiger partial charge in [-0.2, -0.15) is 0 Å². The Hall–Kier alpha value is -2.82. The van der Waals surface area contributed by atoms with E-state index < -0.39 is 0 Å². The van der Waals surface area contributed by atoms with Crippen LogP contribution in [0.5, 0.6) is 5.75 Å². The number of fused-ring (bicyclic) bond motifs is 1. The summed E-state index contributed by atoms with van der Waals surface area (Å²) in [5, 5.41) is 2.04. The number of ether oxygens (including phenoxy) is 1. The topological polar surface area (TPSA) is 47.4 Å². The zero-order chi connectivity index (χ0) is 21.1. The third-order valence-electron chi connectivity index (χ3n) is 6.03. The third kappa shape index (κ3) is 4.07. The van der Waals surface area contributed by atoms with E-state index in [4.69, 9.17) is 4.74 Å². The number of nitrogens with zero attached hydrogens (tertiary/aromatic N) is 3. The van der Waals surface area contributed by atoms with Crippen molar-refractivity contribution in [1.82, 2.24) is 14.5 Å². The predicted molar refractivity (Wildman–Crippen MR) is 120 cm³/mol. The maximum Gasteiger partial charge on any atom is 0.258 e. The van der Waals surface area contributed by atoms with Crippen LogP contribution >= 0.6 is 0 Å². The molecule has 0 bridgehead atoms. The predicted octanol–water partition coefficient (Wildman–Crippen LogP) is 5.11. The largest absolute Gasteiger partial charge is 0.493 e. The Morgan fingerprint density at radius 2 is 1.93 bits per heavy atom. The number of piperidine rings is 1. The number of likely N-dealkylation sites (tertiary alicyclic amines) is 1. The first-order valence-corrected chi connectivity index (χ1v) is 11.0. The van der Waals surface area contributed by atoms with E-state index in [1.807, 2.05) is 54.4 Å². The van der Waals surface area contributed by atoms with Gasteiger partial charge in [0.2, 0.25) is 0 Å². The molecule has 1 aliphatic rings. The number of benzene rings is 2. The van der Waals surface area contributed by atoms with Crippen LogP contribution in [0.25, 0.3) is 10.8 Å². The summed E-state index contributed by atoms with van der Waals surface area (Å²) in [4.78, 5) is 20.0. The molecule has 0 spiro atoms. The minimum Gasteiger partial charge on any atom is -0.493 e. The van der Waals surface area contributed by atoms with Gasteiger partial charge in [0.1, 0.15) is 11.6 Å². The number of imidazole rings is 1. The van der Waals surface area contributed by atoms with Crippen molar-refractivity contribution in [3.63, 3.8) is 0 Å². The van der Waals surface area contributed by atoms with Crippen molar-refractivity contribution >= 4 is 16.7 Å². The van der Waals surface area contributed by atoms with Gasteiger partial charge in [0, 0.05) is 37.9 Å². The van der Waals surface area contributed by atoms with Crippen LogP contribution in [0.1, 0.15) is 55.7 Å². The monoisotopic (exact) mass is 405 g/mol. The molecular weight excluding hydrogens is 374 g/mol. The van der Waals surface area contributed by atoms with Crippen molar-refractivity contribution in [2.75, 3.05) is 19.7 Å². The third-order valence-corrected chi connectivity index (χ3v) is 6.03. The number of aromatic nitrogens is 2. The average Bonchev–Trinajstić information content (AvgIpc) is 3.22. The number of hydrogen-bond donors (Lipinski definition) is 0. The van der Waals surface area contributed by atoms with Crippen molar-refractivity contribution < 1.29 is 9.53 Å². The van der Waals surface area contributed by atoms with Crippen LogP contribution in [0.4, 0.5) is 0 Å². The second-order valence-corrected chi connectivity index (χ2v) is 8.42. The molecule has 1 aromatic heterocycles. The number of carbonyl (C=O) groups excluding carboxylic acids is 1. The molecule has 3 aromatic rings. The van der Waals surface area contributed by atoms with Gasteiger partial charge in [0.15, 0.2) is 0 Å². The van der Waals surface area contributed by atoms with E-state index in [0.717, 1.165) is 49.1 Å². The van der Waals surface area contributed by atoms with E-state index in [-0.39, 0.29) is 5.91 Å². The Morgan fingerprint density at radius 1 is 1.17 bits per heavy atom. The van der Waals surface area contributed by atoms with Gasteiger partial charge in [0.25, 0.3) is 5.91 Å². The molecule has 4 rings (SSSR count). The highest BCUT2D eigenvalue weighted by Gasteiger charge is 2.27. The van der Waals surface area contributed by atoms with Crippen LogP contribution < -0.4 is 4.74 Å². The molecule has 0 unspecified atom stereocenters. The van der Waals surface area contributed by atoms with Gasteiger partial charge in [-0.05, 0) is 42.5 Å². The summed E-state index contributed by atoms with van der Waals surface area (Å²) in [6.45, 7) is 9.41. The smallest absolute Gasteiger partial charge is 0.258 e. The van der Waals surface area contributed by atoms with Crippen LogP contribution in [0.2, 0.25) is 0 Å². The van der Waals surface area contributed by atoms with E-state index in [1.165, 1.54) is 0 Å². The van der Waals surface area contributed by atoms with Gasteiger partial charge in [-0.15, -0.1) is 0 Å². The second kappa shape index (κ2) is 8.90. The molecule has 2 heterocycles. The molecular formula is C25H31N3O2. The summed E-state index contributed by atoms with van der Waals surface area (Å²) in [5.41, 5.74) is 0.699. The fourth-order valence-electron chi connectivity index (χ4n) is 4.48. The molecule has 158 valence electrons. The molecule has 0 N–H and O–H groups in total. The standard InChI is InChI=1S/C25H31N3O2/c1-4-30-22-10-9-20-7-5-6-8-21(20)23(22)25(29)27-14-11-19(12-15-27)17-28-16-13-26-24(28)18(2)3/h5-10,13,16,18-19H,4,11-12,14-15,17H2,1-3H3. The minimum atomic E-state index is 0.0826. The van der Waals surface area contributed by atoms with Gasteiger partial charge >= 0.3 is 0 Å². The molecule has 1 aliphatic heterocycles. The van der Waals surface area contributed by atoms with E-state index in [2.05, 4.69) is 29.6 Å². The lowest BCUT2D eigenvalue weighted by molar-refractivity contribution is 0.0680. The normalized spacial score (nSPS) is 15.1. The van der Waals surface area contributed by atoms with E-state index >= 15 is 0 Å². The molecule has 0 aliphatic carbocycles. The number of hydrogen-bond acceptors (Lipinski definition) is 3. The first-order chi connectivity index (χ1) is 14.6. The van der Waals surface area contributed by atoms with Gasteiger partial charge in [-0.3, -0.25) is 4.79 Å². The molecule has 0 saturated carbocycles. The SMILES string of the molecule is CCOc1ccc2ccccc2c1C(=O)N1CCC(Cn2ccnc2C(C)C)CC1. The van der Waals surface area contributed by atoms with Gasteiger partial charge < -0.3 is 14.2 Å². The first-order valence-electron chi connectivity index (χ1n) is 11.0. The Bertz CT molecular complexity index is 1020. The minimum absolute atomic E-state index is 0.0826. The fourth-order valence-corrected chi connectivity index (χ4v) is 4.48. The second-order valence-electron chi connectivity index (χ2n) is 8.42. The Kier molecular flexibility index (Phi) is 6.07. The number of amides is 1. The van der Waals surface area contributed by atoms with E-state index in [9.17, 15) is 4.79 Å². The molecule has 1 fully saturated rings. The van der Waals surface area contributed by atoms with Crippen molar-refractivity contribution in [3.05, 3.63) is 60.2 Å². The van der Waals surface area contributed by atoms with Gasteiger partial charge in [-0.1, -0.05) is 44.2 Å². The zero-order valence-electron chi connectivity index (χ0n) is 18.2. The Labute approximate surface area is 178 Å². The highest BCUT2D eigenvalue weighted by molar-refractivity contribution is 6.09. The highest BCUT2D eigenvalue weighted by atomic mass is 16.5. The van der Waals surface area contributed by atoms with Crippen LogP contribution in [0.3, 0.4) is 0 Å². The van der Waals surface area contributed by atoms with E-state index in [1.54, 1.807) is 0 Å². The van der Waals surface area contributed by atoms with Crippen molar-refractivity contribution in [2.45, 2.75) is 46.1 Å². The Morgan fingerprint density at radius 3 is 2.67 bits per heavy atom. The summed E-state index contributed by atoms with van der Waals surface area (Å²) < 4.78 is 8.11. The van der Waals surface area contributed by atoms with Crippen molar-refractivity contribution in [1.29, 1.82) is 0 Å². The summed E-state index contributed by atoms with van der Waals surface area (Å²) in [5.74, 6) is 2.90. The average molecular weight is 406 g/mol. The molecule has 1 saturated heterocycles. The molecule has 5 heteroatoms. The first kappa shape index (κ1) is 20.5. The summed E-state index contributed by atoms with van der Waals surface area (Å²) in [7, 11) is 0. The lowest BCUT2D eigenvalue weighted by atomic mass is 9.95. The number of carbonyl (C=O) groups is 1. The molecule has 5 nitrogen and oxygen atoms in total. The maximum atomic E-state index is 13.5. The lowest BCUT2D eigenvalue weighted by Crippen LogP contribution is -2.39. The highest BCUT2D eigenvalue weighted by Crippen LogP contribution is 2.31. The number of rotatable bonds is 6. The van der Waals surface area contributed by atoms with Crippen LogP contribution in [-0.2, 0) is 6.54 Å². The van der Waals surface area contributed by atoms with Crippen LogP contribution in [-0.4, -0.2) is 40.1 Å². The van der Waals surface area contributed by atoms with Crippen LogP contribution in [0.15, 0.2) is 48.8 Å². The summed E-state index contributed by atoms with van der Waals surface area (Å²) in [6.07, 6.45) is 5.99.